The minimum Gasteiger partial charge on any atom is -0.378 e. The normalized spacial score (nSPS) is 19.7. The lowest BCUT2D eigenvalue weighted by Gasteiger charge is -2.27. The number of rotatable bonds is 7. The fourth-order valence-corrected chi connectivity index (χ4v) is 5.33. The number of aryl methyl sites for hydroxylation is 2. The number of aromatic nitrogens is 3. The van der Waals surface area contributed by atoms with Crippen molar-refractivity contribution in [3.63, 3.8) is 0 Å². The van der Waals surface area contributed by atoms with Crippen molar-refractivity contribution >= 4 is 23.6 Å². The Kier molecular flexibility index (Phi) is 6.18. The van der Waals surface area contributed by atoms with Crippen LogP contribution in [-0.4, -0.2) is 52.7 Å². The van der Waals surface area contributed by atoms with E-state index in [0.29, 0.717) is 11.8 Å². The van der Waals surface area contributed by atoms with E-state index in [2.05, 4.69) is 50.1 Å². The maximum Gasteiger partial charge on any atom is 0.230 e. The van der Waals surface area contributed by atoms with Crippen molar-refractivity contribution in [1.82, 2.24) is 20.1 Å². The Morgan fingerprint density at radius 2 is 1.97 bits per heavy atom. The third kappa shape index (κ3) is 4.75. The van der Waals surface area contributed by atoms with Gasteiger partial charge in [-0.05, 0) is 62.1 Å². The molecule has 166 valence electrons. The zero-order valence-corrected chi connectivity index (χ0v) is 19.0. The average molecular weight is 442 g/mol. The van der Waals surface area contributed by atoms with E-state index >= 15 is 0 Å². The molecule has 1 saturated carbocycles. The molecule has 1 atom stereocenters. The highest BCUT2D eigenvalue weighted by Gasteiger charge is 2.32. The molecule has 2 fully saturated rings. The van der Waals surface area contributed by atoms with E-state index in [0.717, 1.165) is 56.7 Å². The maximum atomic E-state index is 12.7. The van der Waals surface area contributed by atoms with E-state index in [4.69, 9.17) is 4.74 Å². The Hall–Kier alpha value is -2.06. The van der Waals surface area contributed by atoms with Crippen molar-refractivity contribution in [3.05, 3.63) is 34.9 Å². The molecular formula is C23H31N5O2S. The summed E-state index contributed by atoms with van der Waals surface area (Å²) in [5.74, 6) is 1.31. The zero-order chi connectivity index (χ0) is 21.2. The molecule has 1 amide bonds. The van der Waals surface area contributed by atoms with Crippen molar-refractivity contribution < 1.29 is 9.53 Å². The molecule has 0 bridgehead atoms. The number of nitrogens with zero attached hydrogens (tertiary/aromatic N) is 4. The summed E-state index contributed by atoms with van der Waals surface area (Å²) >= 11 is 1.49. The Labute approximate surface area is 187 Å². The number of carbonyl (C=O) groups is 1. The number of carbonyl (C=O) groups excluding carboxylic acids is 1. The maximum absolute atomic E-state index is 12.7. The molecule has 1 aromatic carbocycles. The summed E-state index contributed by atoms with van der Waals surface area (Å²) < 4.78 is 7.70. The summed E-state index contributed by atoms with van der Waals surface area (Å²) in [5.41, 5.74) is 4.11. The van der Waals surface area contributed by atoms with Crippen LogP contribution in [0, 0.1) is 0 Å². The monoisotopic (exact) mass is 441 g/mol. The first-order valence-corrected chi connectivity index (χ1v) is 12.5. The van der Waals surface area contributed by atoms with Gasteiger partial charge in [0.25, 0.3) is 0 Å². The molecule has 2 aromatic rings. The van der Waals surface area contributed by atoms with E-state index in [1.165, 1.54) is 47.7 Å². The summed E-state index contributed by atoms with van der Waals surface area (Å²) in [6.45, 7) is 5.20. The summed E-state index contributed by atoms with van der Waals surface area (Å²) in [4.78, 5) is 14.9. The van der Waals surface area contributed by atoms with Crippen molar-refractivity contribution in [2.75, 3.05) is 37.0 Å². The van der Waals surface area contributed by atoms with Crippen LogP contribution in [0.5, 0.6) is 0 Å². The summed E-state index contributed by atoms with van der Waals surface area (Å²) in [6.07, 6.45) is 7.20. The van der Waals surface area contributed by atoms with Crippen LogP contribution >= 0.6 is 11.8 Å². The lowest BCUT2D eigenvalue weighted by Crippen LogP contribution is -2.38. The minimum absolute atomic E-state index is 0.00513. The summed E-state index contributed by atoms with van der Waals surface area (Å²) in [5, 5.41) is 12.9. The van der Waals surface area contributed by atoms with Crippen LogP contribution in [0.15, 0.2) is 23.4 Å². The topological polar surface area (TPSA) is 72.3 Å². The first-order chi connectivity index (χ1) is 15.2. The molecule has 3 aliphatic rings. The summed E-state index contributed by atoms with van der Waals surface area (Å²) in [6, 6.07) is 7.16. The van der Waals surface area contributed by atoms with Crippen molar-refractivity contribution in [1.29, 1.82) is 0 Å². The molecule has 1 aliphatic heterocycles. The van der Waals surface area contributed by atoms with Gasteiger partial charge in [-0.25, -0.2) is 0 Å². The molecule has 0 radical (unpaired) electrons. The van der Waals surface area contributed by atoms with E-state index in [-0.39, 0.29) is 11.9 Å². The van der Waals surface area contributed by atoms with Crippen molar-refractivity contribution in [2.45, 2.75) is 62.7 Å². The molecule has 0 spiro atoms. The number of benzene rings is 1. The first kappa shape index (κ1) is 20.8. The Balaban J connectivity index is 1.20. The van der Waals surface area contributed by atoms with Crippen LogP contribution in [-0.2, 0) is 22.4 Å². The van der Waals surface area contributed by atoms with Crippen LogP contribution in [0.4, 0.5) is 5.95 Å². The van der Waals surface area contributed by atoms with Gasteiger partial charge in [0, 0.05) is 19.1 Å². The average Bonchev–Trinajstić information content (AvgIpc) is 3.56. The number of amides is 1. The lowest BCUT2D eigenvalue weighted by molar-refractivity contribution is -0.119. The van der Waals surface area contributed by atoms with E-state index < -0.39 is 0 Å². The predicted octanol–water partition coefficient (Wildman–Crippen LogP) is 3.30. The molecular weight excluding hydrogens is 410 g/mol. The van der Waals surface area contributed by atoms with Gasteiger partial charge in [0.2, 0.25) is 11.9 Å². The van der Waals surface area contributed by atoms with Gasteiger partial charge >= 0.3 is 0 Å². The Morgan fingerprint density at radius 3 is 2.74 bits per heavy atom. The van der Waals surface area contributed by atoms with E-state index in [1.807, 2.05) is 0 Å². The fourth-order valence-electron chi connectivity index (χ4n) is 4.52. The highest BCUT2D eigenvalue weighted by Crippen LogP contribution is 2.41. The van der Waals surface area contributed by atoms with Crippen LogP contribution in [0.2, 0.25) is 0 Å². The molecule has 2 aliphatic carbocycles. The second-order valence-corrected chi connectivity index (χ2v) is 9.74. The van der Waals surface area contributed by atoms with Gasteiger partial charge in [-0.2, -0.15) is 0 Å². The number of hydrogen-bond donors (Lipinski definition) is 1. The molecule has 2 heterocycles. The quantitative estimate of drug-likeness (QED) is 0.665. The standard InChI is InChI=1S/C23H31N5O2S/c1-16(18-7-6-17-4-2-3-5-19(17)14-18)24-21(29)15-31-23-26-25-22(28(23)20-8-9-20)27-10-12-30-13-11-27/h6-7,14,16,20H,2-5,8-13,15H2,1H3,(H,24,29). The number of hydrogen-bond acceptors (Lipinski definition) is 6. The number of fused-ring (bicyclic) bond motifs is 1. The van der Waals surface area contributed by atoms with Gasteiger partial charge in [-0.3, -0.25) is 9.36 Å². The molecule has 8 heteroatoms. The lowest BCUT2D eigenvalue weighted by atomic mass is 9.89. The SMILES string of the molecule is CC(NC(=O)CSc1nnc(N2CCOCC2)n1C1CC1)c1ccc2c(c1)CCCC2. The molecule has 1 unspecified atom stereocenters. The van der Waals surface area contributed by atoms with E-state index in [1.54, 1.807) is 0 Å². The van der Waals surface area contributed by atoms with Gasteiger partial charge in [0.15, 0.2) is 5.16 Å². The zero-order valence-electron chi connectivity index (χ0n) is 18.2. The third-order valence-electron chi connectivity index (χ3n) is 6.43. The van der Waals surface area contributed by atoms with Crippen LogP contribution in [0.25, 0.3) is 0 Å². The van der Waals surface area contributed by atoms with Crippen molar-refractivity contribution in [3.8, 4) is 0 Å². The van der Waals surface area contributed by atoms with Crippen LogP contribution in [0.3, 0.4) is 0 Å². The molecule has 1 N–H and O–H groups in total. The van der Waals surface area contributed by atoms with Crippen LogP contribution < -0.4 is 10.2 Å². The third-order valence-corrected chi connectivity index (χ3v) is 7.38. The van der Waals surface area contributed by atoms with Gasteiger partial charge in [-0.15, -0.1) is 10.2 Å². The second kappa shape index (κ2) is 9.20. The number of nitrogens with one attached hydrogen (secondary N) is 1. The van der Waals surface area contributed by atoms with E-state index in [9.17, 15) is 4.79 Å². The van der Waals surface area contributed by atoms with Gasteiger partial charge in [0.05, 0.1) is 25.0 Å². The number of morpholine rings is 1. The predicted molar refractivity (Wildman–Crippen MR) is 122 cm³/mol. The largest absolute Gasteiger partial charge is 0.378 e. The number of thioether (sulfide) groups is 1. The van der Waals surface area contributed by atoms with Gasteiger partial charge in [-0.1, -0.05) is 30.0 Å². The fraction of sp³-hybridized carbons (Fsp3) is 0.609. The van der Waals surface area contributed by atoms with Gasteiger partial charge in [0.1, 0.15) is 0 Å². The Bertz CT molecular complexity index is 936. The second-order valence-electron chi connectivity index (χ2n) is 8.80. The molecule has 1 saturated heterocycles. The number of ether oxygens (including phenoxy) is 1. The minimum atomic E-state index is 0.00513. The van der Waals surface area contributed by atoms with Gasteiger partial charge < -0.3 is 15.0 Å². The van der Waals surface area contributed by atoms with Crippen molar-refractivity contribution in [2.24, 2.45) is 0 Å². The molecule has 1 aromatic heterocycles. The van der Waals surface area contributed by atoms with Crippen LogP contribution in [0.1, 0.15) is 61.4 Å². The number of anilines is 1. The Morgan fingerprint density at radius 1 is 1.19 bits per heavy atom. The highest BCUT2D eigenvalue weighted by atomic mass is 32.2. The molecule has 31 heavy (non-hydrogen) atoms. The molecule has 7 nitrogen and oxygen atoms in total. The summed E-state index contributed by atoms with van der Waals surface area (Å²) in [7, 11) is 0. The highest BCUT2D eigenvalue weighted by molar-refractivity contribution is 7.99. The molecule has 5 rings (SSSR count). The first-order valence-electron chi connectivity index (χ1n) is 11.5. The smallest absolute Gasteiger partial charge is 0.230 e.